The third-order valence-electron chi connectivity index (χ3n) is 2.10. The lowest BCUT2D eigenvalue weighted by molar-refractivity contribution is 0.560. The van der Waals surface area contributed by atoms with Crippen LogP contribution in [0.25, 0.3) is 11.0 Å². The minimum absolute atomic E-state index is 0.297. The first-order valence-electron chi connectivity index (χ1n) is 4.39. The summed E-state index contributed by atoms with van der Waals surface area (Å²) in [6.07, 6.45) is 0. The van der Waals surface area contributed by atoms with Gasteiger partial charge in [-0.05, 0) is 12.1 Å². The van der Waals surface area contributed by atoms with E-state index in [1.54, 1.807) is 11.0 Å². The number of fused-ring (bicyclic) bond motifs is 1. The molecule has 2 rings (SSSR count). The van der Waals surface area contributed by atoms with Crippen molar-refractivity contribution in [1.29, 1.82) is 0 Å². The smallest absolute Gasteiger partial charge is 0.360 e. The third-order valence-corrected chi connectivity index (χ3v) is 2.10. The number of anilines is 1. The minimum Gasteiger partial charge on any atom is -0.421 e. The molecule has 0 aliphatic heterocycles. The van der Waals surface area contributed by atoms with Gasteiger partial charge in [0.1, 0.15) is 11.3 Å². The maximum absolute atomic E-state index is 11.5. The zero-order valence-electron chi connectivity index (χ0n) is 8.15. The molecule has 0 radical (unpaired) electrons. The van der Waals surface area contributed by atoms with Crippen molar-refractivity contribution in [2.24, 2.45) is 0 Å². The van der Waals surface area contributed by atoms with Crippen LogP contribution in [0.4, 0.5) is 5.69 Å². The number of benzene rings is 1. The molecule has 0 fully saturated rings. The summed E-state index contributed by atoms with van der Waals surface area (Å²) in [5.74, 6) is 0. The molecule has 0 aliphatic rings. The molecule has 0 saturated heterocycles. The van der Waals surface area contributed by atoms with Crippen molar-refractivity contribution in [2.75, 3.05) is 19.0 Å². The van der Waals surface area contributed by atoms with Gasteiger partial charge in [-0.15, -0.1) is 0 Å². The second-order valence-electron chi connectivity index (χ2n) is 3.35. The molecule has 3 heteroatoms. The van der Waals surface area contributed by atoms with Gasteiger partial charge in [-0.1, -0.05) is 18.2 Å². The third kappa shape index (κ3) is 1.37. The molecule has 0 saturated carbocycles. The Labute approximate surface area is 81.6 Å². The zero-order valence-corrected chi connectivity index (χ0v) is 8.15. The summed E-state index contributed by atoms with van der Waals surface area (Å²) in [4.78, 5) is 13.2. The quantitative estimate of drug-likeness (QED) is 0.642. The van der Waals surface area contributed by atoms with E-state index in [9.17, 15) is 4.79 Å². The molecule has 14 heavy (non-hydrogen) atoms. The van der Waals surface area contributed by atoms with Crippen LogP contribution in [0, 0.1) is 0 Å². The van der Waals surface area contributed by atoms with Crippen molar-refractivity contribution in [3.05, 3.63) is 40.8 Å². The predicted octanol–water partition coefficient (Wildman–Crippen LogP) is 1.86. The second kappa shape index (κ2) is 3.18. The Balaban J connectivity index is 2.78. The average molecular weight is 189 g/mol. The van der Waals surface area contributed by atoms with E-state index in [4.69, 9.17) is 4.42 Å². The first-order valence-corrected chi connectivity index (χ1v) is 4.39. The van der Waals surface area contributed by atoms with Gasteiger partial charge >= 0.3 is 5.63 Å². The summed E-state index contributed by atoms with van der Waals surface area (Å²) < 4.78 is 5.16. The monoisotopic (exact) mass is 189 g/mol. The summed E-state index contributed by atoms with van der Waals surface area (Å²) in [5, 5.41) is 0.941. The molecule has 0 spiro atoms. The van der Waals surface area contributed by atoms with E-state index in [0.717, 1.165) is 5.39 Å². The van der Waals surface area contributed by atoms with Crippen LogP contribution < -0.4 is 10.5 Å². The molecule has 0 atom stereocenters. The highest BCUT2D eigenvalue weighted by atomic mass is 16.4. The minimum atomic E-state index is -0.297. The molecule has 0 unspecified atom stereocenters. The first-order chi connectivity index (χ1) is 6.68. The van der Waals surface area contributed by atoms with Gasteiger partial charge in [-0.2, -0.15) is 0 Å². The Morgan fingerprint density at radius 3 is 2.64 bits per heavy atom. The van der Waals surface area contributed by atoms with E-state index in [0.29, 0.717) is 11.3 Å². The zero-order chi connectivity index (χ0) is 10.1. The fourth-order valence-electron chi connectivity index (χ4n) is 1.36. The van der Waals surface area contributed by atoms with Gasteiger partial charge < -0.3 is 9.32 Å². The van der Waals surface area contributed by atoms with Crippen molar-refractivity contribution < 1.29 is 4.42 Å². The number of para-hydroxylation sites is 1. The molecule has 0 N–H and O–H groups in total. The van der Waals surface area contributed by atoms with Gasteiger partial charge in [0, 0.05) is 19.5 Å². The maximum Gasteiger partial charge on any atom is 0.360 e. The lowest BCUT2D eigenvalue weighted by Crippen LogP contribution is -2.17. The van der Waals surface area contributed by atoms with Crippen LogP contribution in [-0.2, 0) is 0 Å². The summed E-state index contributed by atoms with van der Waals surface area (Å²) in [7, 11) is 3.64. The SMILES string of the molecule is CN(C)c1cc2ccccc2oc1=O. The molecule has 72 valence electrons. The predicted molar refractivity (Wildman–Crippen MR) is 56.8 cm³/mol. The van der Waals surface area contributed by atoms with E-state index in [2.05, 4.69) is 0 Å². The largest absolute Gasteiger partial charge is 0.421 e. The van der Waals surface area contributed by atoms with Crippen LogP contribution in [0.15, 0.2) is 39.5 Å². The summed E-state index contributed by atoms with van der Waals surface area (Å²) >= 11 is 0. The van der Waals surface area contributed by atoms with E-state index in [1.807, 2.05) is 38.4 Å². The first kappa shape index (κ1) is 8.81. The van der Waals surface area contributed by atoms with Gasteiger partial charge in [-0.25, -0.2) is 4.79 Å². The number of hydrogen-bond acceptors (Lipinski definition) is 3. The highest BCUT2D eigenvalue weighted by Gasteiger charge is 2.05. The molecule has 1 aromatic carbocycles. The molecular formula is C11H11NO2. The normalized spacial score (nSPS) is 10.4. The van der Waals surface area contributed by atoms with Crippen LogP contribution >= 0.6 is 0 Å². The van der Waals surface area contributed by atoms with Crippen LogP contribution in [0.2, 0.25) is 0 Å². The number of nitrogens with zero attached hydrogens (tertiary/aromatic N) is 1. The Bertz CT molecular complexity index is 514. The van der Waals surface area contributed by atoms with Gasteiger partial charge in [0.15, 0.2) is 0 Å². The second-order valence-corrected chi connectivity index (χ2v) is 3.35. The number of hydrogen-bond donors (Lipinski definition) is 0. The summed E-state index contributed by atoms with van der Waals surface area (Å²) in [6, 6.07) is 9.31. The van der Waals surface area contributed by atoms with E-state index in [1.165, 1.54) is 0 Å². The van der Waals surface area contributed by atoms with Crippen LogP contribution in [0.3, 0.4) is 0 Å². The lowest BCUT2D eigenvalue weighted by Gasteiger charge is -2.10. The van der Waals surface area contributed by atoms with E-state index < -0.39 is 0 Å². The molecular weight excluding hydrogens is 178 g/mol. The topological polar surface area (TPSA) is 33.5 Å². The Morgan fingerprint density at radius 2 is 1.93 bits per heavy atom. The van der Waals surface area contributed by atoms with E-state index in [-0.39, 0.29) is 5.63 Å². The molecule has 2 aromatic rings. The Hall–Kier alpha value is -1.77. The summed E-state index contributed by atoms with van der Waals surface area (Å²) in [5.41, 5.74) is 0.903. The Kier molecular flexibility index (Phi) is 2.00. The highest BCUT2D eigenvalue weighted by molar-refractivity contribution is 5.79. The molecule has 0 aliphatic carbocycles. The van der Waals surface area contributed by atoms with Crippen molar-refractivity contribution in [2.45, 2.75) is 0 Å². The van der Waals surface area contributed by atoms with Crippen LogP contribution in [0.5, 0.6) is 0 Å². The fraction of sp³-hybridized carbons (Fsp3) is 0.182. The molecule has 1 heterocycles. The van der Waals surface area contributed by atoms with Gasteiger partial charge in [-0.3, -0.25) is 0 Å². The maximum atomic E-state index is 11.5. The molecule has 0 amide bonds. The van der Waals surface area contributed by atoms with Crippen molar-refractivity contribution in [1.82, 2.24) is 0 Å². The molecule has 3 nitrogen and oxygen atoms in total. The van der Waals surface area contributed by atoms with Crippen LogP contribution in [-0.4, -0.2) is 14.1 Å². The number of rotatable bonds is 1. The summed E-state index contributed by atoms with van der Waals surface area (Å²) in [6.45, 7) is 0. The standard InChI is InChI=1S/C11H11NO2/c1-12(2)9-7-8-5-3-4-6-10(8)14-11(9)13/h3-7H,1-2H3. The van der Waals surface area contributed by atoms with Gasteiger partial charge in [0.05, 0.1) is 0 Å². The van der Waals surface area contributed by atoms with Crippen molar-refractivity contribution in [3.63, 3.8) is 0 Å². The average Bonchev–Trinajstić information content (AvgIpc) is 2.16. The molecule has 1 aromatic heterocycles. The Morgan fingerprint density at radius 1 is 1.21 bits per heavy atom. The van der Waals surface area contributed by atoms with Gasteiger partial charge in [0.25, 0.3) is 0 Å². The highest BCUT2D eigenvalue weighted by Crippen LogP contribution is 2.16. The fourth-order valence-corrected chi connectivity index (χ4v) is 1.36. The van der Waals surface area contributed by atoms with Crippen LogP contribution in [0.1, 0.15) is 0 Å². The van der Waals surface area contributed by atoms with Gasteiger partial charge in [0.2, 0.25) is 0 Å². The molecule has 0 bridgehead atoms. The van der Waals surface area contributed by atoms with E-state index >= 15 is 0 Å². The van der Waals surface area contributed by atoms with Crippen molar-refractivity contribution in [3.8, 4) is 0 Å². The van der Waals surface area contributed by atoms with Crippen molar-refractivity contribution >= 4 is 16.7 Å². The lowest BCUT2D eigenvalue weighted by atomic mass is 10.2.